The fourth-order valence-corrected chi connectivity index (χ4v) is 1.92. The number of alkyl halides is 1. The van der Waals surface area contributed by atoms with Gasteiger partial charge in [-0.05, 0) is 30.9 Å². The van der Waals surface area contributed by atoms with Gasteiger partial charge in [-0.2, -0.15) is 0 Å². The summed E-state index contributed by atoms with van der Waals surface area (Å²) >= 11 is 5.76. The fourth-order valence-electron chi connectivity index (χ4n) is 1.66. The Kier molecular flexibility index (Phi) is 5.03. The number of hydrogen-bond donors (Lipinski definition) is 0. The van der Waals surface area contributed by atoms with Crippen molar-refractivity contribution in [1.29, 1.82) is 0 Å². The van der Waals surface area contributed by atoms with Gasteiger partial charge in [-0.3, -0.25) is 0 Å². The van der Waals surface area contributed by atoms with Crippen molar-refractivity contribution in [3.05, 3.63) is 35.4 Å². The van der Waals surface area contributed by atoms with Gasteiger partial charge in [-0.15, -0.1) is 11.6 Å². The molecule has 3 heteroatoms. The van der Waals surface area contributed by atoms with Crippen molar-refractivity contribution >= 4 is 11.6 Å². The molecule has 0 aliphatic rings. The first-order chi connectivity index (χ1) is 7.19. The van der Waals surface area contributed by atoms with E-state index in [1.807, 2.05) is 6.92 Å². The van der Waals surface area contributed by atoms with E-state index in [2.05, 4.69) is 0 Å². The quantitative estimate of drug-likeness (QED) is 0.669. The third-order valence-corrected chi connectivity index (χ3v) is 2.91. The molecule has 0 aliphatic carbocycles. The third kappa shape index (κ3) is 3.45. The highest BCUT2D eigenvalue weighted by atomic mass is 35.5. The summed E-state index contributed by atoms with van der Waals surface area (Å²) in [6.07, 6.45) is 2.26. The molecule has 1 unspecified atom stereocenters. The molecule has 1 aromatic carbocycles. The maximum Gasteiger partial charge on any atom is 0.129 e. The first-order valence-corrected chi connectivity index (χ1v) is 5.71. The largest absolute Gasteiger partial charge is 0.207 e. The van der Waals surface area contributed by atoms with Crippen LogP contribution in [0.25, 0.3) is 0 Å². The van der Waals surface area contributed by atoms with Crippen molar-refractivity contribution in [2.75, 3.05) is 5.88 Å². The van der Waals surface area contributed by atoms with Crippen LogP contribution in [0.4, 0.5) is 8.78 Å². The van der Waals surface area contributed by atoms with E-state index in [1.165, 1.54) is 18.2 Å². The van der Waals surface area contributed by atoms with Gasteiger partial charge in [-0.1, -0.05) is 19.4 Å². The van der Waals surface area contributed by atoms with Crippen molar-refractivity contribution in [3.63, 3.8) is 0 Å². The van der Waals surface area contributed by atoms with E-state index in [0.717, 1.165) is 12.8 Å². The lowest BCUT2D eigenvalue weighted by molar-refractivity contribution is 0.484. The summed E-state index contributed by atoms with van der Waals surface area (Å²) in [5.74, 6) is -0.341. The smallest absolute Gasteiger partial charge is 0.129 e. The molecule has 0 N–H and O–H groups in total. The molecule has 0 bridgehead atoms. The lowest BCUT2D eigenvalue weighted by atomic mass is 9.96. The molecule has 0 radical (unpaired) electrons. The molecular weight excluding hydrogens is 218 g/mol. The van der Waals surface area contributed by atoms with Gasteiger partial charge in [0.05, 0.1) is 0 Å². The molecule has 0 saturated carbocycles. The first-order valence-electron chi connectivity index (χ1n) is 5.17. The summed E-state index contributed by atoms with van der Waals surface area (Å²) in [5, 5.41) is 0. The van der Waals surface area contributed by atoms with Crippen molar-refractivity contribution in [2.45, 2.75) is 26.2 Å². The van der Waals surface area contributed by atoms with E-state index >= 15 is 0 Å². The minimum atomic E-state index is -0.471. The van der Waals surface area contributed by atoms with E-state index < -0.39 is 11.6 Å². The van der Waals surface area contributed by atoms with Gasteiger partial charge in [0.15, 0.2) is 0 Å². The predicted molar refractivity (Wildman–Crippen MR) is 59.2 cm³/mol. The summed E-state index contributed by atoms with van der Waals surface area (Å²) in [7, 11) is 0. The van der Waals surface area contributed by atoms with Gasteiger partial charge < -0.3 is 0 Å². The van der Waals surface area contributed by atoms with E-state index in [9.17, 15) is 8.78 Å². The average Bonchev–Trinajstić information content (AvgIpc) is 2.22. The second-order valence-electron chi connectivity index (χ2n) is 3.71. The third-order valence-electron chi connectivity index (χ3n) is 2.47. The SMILES string of the molecule is CCCC(CCl)Cc1c(F)cccc1F. The minimum Gasteiger partial charge on any atom is -0.207 e. The van der Waals surface area contributed by atoms with Crippen LogP contribution < -0.4 is 0 Å². The van der Waals surface area contributed by atoms with Gasteiger partial charge in [0.1, 0.15) is 11.6 Å². The van der Waals surface area contributed by atoms with Gasteiger partial charge in [0.25, 0.3) is 0 Å². The topological polar surface area (TPSA) is 0 Å². The van der Waals surface area contributed by atoms with Gasteiger partial charge in [0.2, 0.25) is 0 Å². The standard InChI is InChI=1S/C12H15ClF2/c1-2-4-9(8-13)7-10-11(14)5-3-6-12(10)15/h3,5-6,9H,2,4,7-8H2,1H3. The Morgan fingerprint density at radius 1 is 1.27 bits per heavy atom. The highest BCUT2D eigenvalue weighted by Crippen LogP contribution is 2.20. The lowest BCUT2D eigenvalue weighted by Crippen LogP contribution is -2.09. The fraction of sp³-hybridized carbons (Fsp3) is 0.500. The molecule has 1 aromatic rings. The molecule has 0 aromatic heterocycles. The molecule has 0 aliphatic heterocycles. The summed E-state index contributed by atoms with van der Waals surface area (Å²) in [6.45, 7) is 2.04. The number of halogens is 3. The van der Waals surface area contributed by atoms with Crippen LogP contribution in [-0.2, 0) is 6.42 Å². The van der Waals surface area contributed by atoms with Gasteiger partial charge in [-0.25, -0.2) is 8.78 Å². The van der Waals surface area contributed by atoms with Gasteiger partial charge >= 0.3 is 0 Å². The Bertz CT molecular complexity index is 292. The molecule has 1 atom stereocenters. The Labute approximate surface area is 94.3 Å². The van der Waals surface area contributed by atoms with E-state index in [0.29, 0.717) is 12.3 Å². The lowest BCUT2D eigenvalue weighted by Gasteiger charge is -2.13. The monoisotopic (exact) mass is 232 g/mol. The molecular formula is C12H15ClF2. The van der Waals surface area contributed by atoms with E-state index in [-0.39, 0.29) is 11.5 Å². The molecule has 1 rings (SSSR count). The minimum absolute atomic E-state index is 0.156. The summed E-state index contributed by atoms with van der Waals surface area (Å²) in [6, 6.07) is 3.95. The van der Waals surface area contributed by atoms with E-state index in [1.54, 1.807) is 0 Å². The second-order valence-corrected chi connectivity index (χ2v) is 4.02. The molecule has 15 heavy (non-hydrogen) atoms. The van der Waals surface area contributed by atoms with Crippen LogP contribution in [0.2, 0.25) is 0 Å². The van der Waals surface area contributed by atoms with Crippen LogP contribution in [0.3, 0.4) is 0 Å². The normalized spacial score (nSPS) is 12.8. The summed E-state index contributed by atoms with van der Waals surface area (Å²) in [4.78, 5) is 0. The zero-order valence-electron chi connectivity index (χ0n) is 8.77. The van der Waals surface area contributed by atoms with Crippen LogP contribution in [-0.4, -0.2) is 5.88 Å². The van der Waals surface area contributed by atoms with Crippen molar-refractivity contribution in [3.8, 4) is 0 Å². The Hall–Kier alpha value is -0.630. The molecule has 84 valence electrons. The zero-order chi connectivity index (χ0) is 11.3. The maximum atomic E-state index is 13.3. The highest BCUT2D eigenvalue weighted by Gasteiger charge is 2.14. The van der Waals surface area contributed by atoms with Crippen LogP contribution in [0.1, 0.15) is 25.3 Å². The van der Waals surface area contributed by atoms with Crippen LogP contribution in [0, 0.1) is 17.6 Å². The Morgan fingerprint density at radius 2 is 1.87 bits per heavy atom. The summed E-state index contributed by atoms with van der Waals surface area (Å²) in [5.41, 5.74) is 0.164. The van der Waals surface area contributed by atoms with Crippen LogP contribution >= 0.6 is 11.6 Å². The highest BCUT2D eigenvalue weighted by molar-refractivity contribution is 6.18. The number of rotatable bonds is 5. The second kappa shape index (κ2) is 6.06. The molecule has 0 amide bonds. The Morgan fingerprint density at radius 3 is 2.33 bits per heavy atom. The number of benzene rings is 1. The molecule has 0 spiro atoms. The molecule has 0 saturated heterocycles. The molecule has 0 heterocycles. The van der Waals surface area contributed by atoms with E-state index in [4.69, 9.17) is 11.6 Å². The van der Waals surface area contributed by atoms with Gasteiger partial charge in [0, 0.05) is 11.4 Å². The maximum absolute atomic E-state index is 13.3. The molecule has 0 nitrogen and oxygen atoms in total. The molecule has 0 fully saturated rings. The first kappa shape index (κ1) is 12.4. The van der Waals surface area contributed by atoms with Crippen molar-refractivity contribution in [1.82, 2.24) is 0 Å². The summed E-state index contributed by atoms with van der Waals surface area (Å²) < 4.78 is 26.6. The Balaban J connectivity index is 2.78. The zero-order valence-corrected chi connectivity index (χ0v) is 9.53. The predicted octanol–water partition coefficient (Wildman–Crippen LogP) is 4.16. The number of hydrogen-bond acceptors (Lipinski definition) is 0. The van der Waals surface area contributed by atoms with Crippen LogP contribution in [0.5, 0.6) is 0 Å². The van der Waals surface area contributed by atoms with Crippen molar-refractivity contribution in [2.24, 2.45) is 5.92 Å². The van der Waals surface area contributed by atoms with Crippen LogP contribution in [0.15, 0.2) is 18.2 Å². The average molecular weight is 233 g/mol. The van der Waals surface area contributed by atoms with Crippen molar-refractivity contribution < 1.29 is 8.78 Å².